The predicted octanol–water partition coefficient (Wildman–Crippen LogP) is 2.21. The van der Waals surface area contributed by atoms with Crippen LogP contribution in [0.1, 0.15) is 44.7 Å². The SMILES string of the molecule is CCCCS(=O)(=O)N1CC[C@]2(CCCN(c3ccc(C)nn3)C2)C1. The van der Waals surface area contributed by atoms with E-state index in [0.29, 0.717) is 13.1 Å². The van der Waals surface area contributed by atoms with Crippen molar-refractivity contribution in [2.75, 3.05) is 36.8 Å². The van der Waals surface area contributed by atoms with Crippen LogP contribution in [0.15, 0.2) is 12.1 Å². The van der Waals surface area contributed by atoms with Gasteiger partial charge in [-0.2, -0.15) is 5.10 Å². The zero-order valence-electron chi connectivity index (χ0n) is 14.7. The Morgan fingerprint density at radius 2 is 2.00 bits per heavy atom. The summed E-state index contributed by atoms with van der Waals surface area (Å²) in [5.41, 5.74) is 0.990. The van der Waals surface area contributed by atoms with Gasteiger partial charge in [0.25, 0.3) is 0 Å². The molecule has 6 nitrogen and oxygen atoms in total. The summed E-state index contributed by atoms with van der Waals surface area (Å²) in [4.78, 5) is 2.28. The molecule has 2 saturated heterocycles. The van der Waals surface area contributed by atoms with Gasteiger partial charge in [-0.1, -0.05) is 13.3 Å². The minimum Gasteiger partial charge on any atom is -0.355 e. The van der Waals surface area contributed by atoms with E-state index in [1.54, 1.807) is 4.31 Å². The number of aryl methyl sites for hydroxylation is 1. The summed E-state index contributed by atoms with van der Waals surface area (Å²) >= 11 is 0. The van der Waals surface area contributed by atoms with Crippen LogP contribution >= 0.6 is 0 Å². The molecule has 0 unspecified atom stereocenters. The molecule has 0 N–H and O–H groups in total. The summed E-state index contributed by atoms with van der Waals surface area (Å²) in [6.45, 7) is 7.15. The van der Waals surface area contributed by atoms with Gasteiger partial charge in [0, 0.05) is 31.6 Å². The normalized spacial score (nSPS) is 25.5. The Labute approximate surface area is 145 Å². The van der Waals surface area contributed by atoms with Crippen molar-refractivity contribution in [2.24, 2.45) is 5.41 Å². The number of hydrogen-bond acceptors (Lipinski definition) is 5. The molecule has 7 heteroatoms. The average molecular weight is 353 g/mol. The monoisotopic (exact) mass is 352 g/mol. The topological polar surface area (TPSA) is 66.4 Å². The van der Waals surface area contributed by atoms with Crippen LogP contribution in [0.25, 0.3) is 0 Å². The number of anilines is 1. The molecule has 134 valence electrons. The fourth-order valence-corrected chi connectivity index (χ4v) is 5.64. The van der Waals surface area contributed by atoms with Crippen molar-refractivity contribution in [1.29, 1.82) is 0 Å². The Bertz CT molecular complexity index is 662. The van der Waals surface area contributed by atoms with E-state index >= 15 is 0 Å². The first kappa shape index (κ1) is 17.6. The Morgan fingerprint density at radius 3 is 2.71 bits per heavy atom. The summed E-state index contributed by atoms with van der Waals surface area (Å²) in [6.07, 6.45) is 4.80. The van der Waals surface area contributed by atoms with Crippen LogP contribution in [0.4, 0.5) is 5.82 Å². The van der Waals surface area contributed by atoms with E-state index in [1.165, 1.54) is 0 Å². The van der Waals surface area contributed by atoms with Crippen molar-refractivity contribution in [3.8, 4) is 0 Å². The van der Waals surface area contributed by atoms with Crippen molar-refractivity contribution >= 4 is 15.8 Å². The van der Waals surface area contributed by atoms with Gasteiger partial charge in [0.1, 0.15) is 0 Å². The molecule has 0 aliphatic carbocycles. The number of nitrogens with zero attached hydrogens (tertiary/aromatic N) is 4. The highest BCUT2D eigenvalue weighted by Crippen LogP contribution is 2.40. The Hall–Kier alpha value is -1.21. The summed E-state index contributed by atoms with van der Waals surface area (Å²) in [5.74, 6) is 1.19. The Kier molecular flexibility index (Phi) is 5.11. The van der Waals surface area contributed by atoms with E-state index in [2.05, 4.69) is 15.1 Å². The molecule has 0 amide bonds. The summed E-state index contributed by atoms with van der Waals surface area (Å²) in [5, 5.41) is 8.47. The average Bonchev–Trinajstić information content (AvgIpc) is 2.98. The molecule has 0 saturated carbocycles. The van der Waals surface area contributed by atoms with Gasteiger partial charge in [0.05, 0.1) is 11.4 Å². The van der Waals surface area contributed by atoms with E-state index in [-0.39, 0.29) is 11.2 Å². The van der Waals surface area contributed by atoms with E-state index in [4.69, 9.17) is 0 Å². The Balaban J connectivity index is 1.69. The molecule has 1 atom stereocenters. The van der Waals surface area contributed by atoms with Gasteiger partial charge in [0.2, 0.25) is 10.0 Å². The van der Waals surface area contributed by atoms with Crippen molar-refractivity contribution in [3.05, 3.63) is 17.8 Å². The van der Waals surface area contributed by atoms with Crippen molar-refractivity contribution in [2.45, 2.75) is 46.0 Å². The number of sulfonamides is 1. The second kappa shape index (κ2) is 6.96. The third-order valence-corrected chi connectivity index (χ3v) is 7.22. The highest BCUT2D eigenvalue weighted by molar-refractivity contribution is 7.89. The third-order valence-electron chi connectivity index (χ3n) is 5.32. The fraction of sp³-hybridized carbons (Fsp3) is 0.765. The molecule has 24 heavy (non-hydrogen) atoms. The van der Waals surface area contributed by atoms with Gasteiger partial charge in [-0.3, -0.25) is 0 Å². The lowest BCUT2D eigenvalue weighted by atomic mass is 9.79. The molecular weight excluding hydrogens is 324 g/mol. The highest BCUT2D eigenvalue weighted by Gasteiger charge is 2.44. The summed E-state index contributed by atoms with van der Waals surface area (Å²) in [7, 11) is -3.10. The van der Waals surface area contributed by atoms with Gasteiger partial charge in [-0.15, -0.1) is 5.10 Å². The second-order valence-corrected chi connectivity index (χ2v) is 9.40. The minimum absolute atomic E-state index is 0.0735. The predicted molar refractivity (Wildman–Crippen MR) is 95.5 cm³/mol. The molecule has 3 heterocycles. The van der Waals surface area contributed by atoms with E-state index in [9.17, 15) is 8.42 Å². The zero-order valence-corrected chi connectivity index (χ0v) is 15.6. The van der Waals surface area contributed by atoms with Crippen molar-refractivity contribution in [3.63, 3.8) is 0 Å². The molecule has 2 aliphatic heterocycles. The lowest BCUT2D eigenvalue weighted by molar-refractivity contribution is 0.246. The largest absolute Gasteiger partial charge is 0.355 e. The van der Waals surface area contributed by atoms with Crippen LogP contribution in [0.2, 0.25) is 0 Å². The third kappa shape index (κ3) is 3.72. The van der Waals surface area contributed by atoms with Crippen LogP contribution in [-0.2, 0) is 10.0 Å². The molecule has 3 rings (SSSR count). The van der Waals surface area contributed by atoms with Crippen molar-refractivity contribution < 1.29 is 8.42 Å². The molecule has 1 aromatic heterocycles. The first-order valence-electron chi connectivity index (χ1n) is 8.97. The Morgan fingerprint density at radius 1 is 1.17 bits per heavy atom. The summed E-state index contributed by atoms with van der Waals surface area (Å²) < 4.78 is 26.7. The summed E-state index contributed by atoms with van der Waals surface area (Å²) in [6, 6.07) is 4.01. The quantitative estimate of drug-likeness (QED) is 0.813. The van der Waals surface area contributed by atoms with Crippen LogP contribution < -0.4 is 4.90 Å². The second-order valence-electron chi connectivity index (χ2n) is 7.31. The van der Waals surface area contributed by atoms with Gasteiger partial charge in [-0.05, 0) is 44.7 Å². The molecule has 0 bridgehead atoms. The molecule has 1 aromatic rings. The highest BCUT2D eigenvalue weighted by atomic mass is 32.2. The zero-order chi connectivity index (χ0) is 17.2. The van der Waals surface area contributed by atoms with Gasteiger partial charge in [0.15, 0.2) is 5.82 Å². The van der Waals surface area contributed by atoms with E-state index in [0.717, 1.165) is 56.7 Å². The number of unbranched alkanes of at least 4 members (excludes halogenated alkanes) is 1. The molecular formula is C17H28N4O2S. The lowest BCUT2D eigenvalue weighted by Gasteiger charge is -2.40. The number of aromatic nitrogens is 2. The maximum atomic E-state index is 12.5. The molecule has 0 aromatic carbocycles. The van der Waals surface area contributed by atoms with Crippen LogP contribution in [-0.4, -0.2) is 54.9 Å². The van der Waals surface area contributed by atoms with Gasteiger partial charge < -0.3 is 4.90 Å². The van der Waals surface area contributed by atoms with E-state index in [1.807, 2.05) is 26.0 Å². The number of rotatable bonds is 5. The van der Waals surface area contributed by atoms with Gasteiger partial charge in [-0.25, -0.2) is 12.7 Å². The smallest absolute Gasteiger partial charge is 0.214 e. The molecule has 1 spiro atoms. The maximum Gasteiger partial charge on any atom is 0.214 e. The molecule has 2 fully saturated rings. The van der Waals surface area contributed by atoms with Crippen LogP contribution in [0, 0.1) is 12.3 Å². The van der Waals surface area contributed by atoms with Crippen molar-refractivity contribution in [1.82, 2.24) is 14.5 Å². The molecule has 0 radical (unpaired) electrons. The van der Waals surface area contributed by atoms with Crippen LogP contribution in [0.3, 0.4) is 0 Å². The maximum absolute atomic E-state index is 12.5. The first-order valence-corrected chi connectivity index (χ1v) is 10.6. The molecule has 2 aliphatic rings. The number of hydrogen-bond donors (Lipinski definition) is 0. The minimum atomic E-state index is -3.10. The van der Waals surface area contributed by atoms with Crippen LogP contribution in [0.5, 0.6) is 0 Å². The number of piperidine rings is 1. The standard InChI is InChI=1S/C17H28N4O2S/c1-3-4-12-24(22,23)21-11-9-17(14-21)8-5-10-20(13-17)16-7-6-15(2)18-19-16/h6-7H,3-5,8-14H2,1-2H3/t17-/m0/s1. The van der Waals surface area contributed by atoms with Gasteiger partial charge >= 0.3 is 0 Å². The first-order chi connectivity index (χ1) is 11.4. The fourth-order valence-electron chi connectivity index (χ4n) is 3.88. The lowest BCUT2D eigenvalue weighted by Crippen LogP contribution is -2.46. The van der Waals surface area contributed by atoms with E-state index < -0.39 is 10.0 Å².